The highest BCUT2D eigenvalue weighted by Crippen LogP contribution is 2.39. The monoisotopic (exact) mass is 204 g/mol. The Hall–Kier alpha value is -1.16. The third-order valence-electron chi connectivity index (χ3n) is 3.11. The van der Waals surface area contributed by atoms with Crippen LogP contribution in [0.25, 0.3) is 0 Å². The van der Waals surface area contributed by atoms with Crippen LogP contribution in [0, 0.1) is 0 Å². The van der Waals surface area contributed by atoms with E-state index in [-0.39, 0.29) is 0 Å². The van der Waals surface area contributed by atoms with Crippen molar-refractivity contribution >= 4 is 5.95 Å². The molecule has 0 bridgehead atoms. The Kier molecular flexibility index (Phi) is 2.29. The molecule has 2 aliphatic rings. The molecule has 80 valence electrons. The number of nitrogens with zero attached hydrogens (tertiary/aromatic N) is 2. The molecule has 0 radical (unpaired) electrons. The third kappa shape index (κ3) is 2.09. The summed E-state index contributed by atoms with van der Waals surface area (Å²) in [5.41, 5.74) is 1.30. The molecule has 3 rings (SSSR count). The summed E-state index contributed by atoms with van der Waals surface area (Å²) in [7, 11) is 0. The first-order chi connectivity index (χ1) is 7.42. The fraction of sp³-hybridized carbons (Fsp3) is 0.636. The minimum atomic E-state index is 0.497. The molecule has 1 atom stereocenters. The van der Waals surface area contributed by atoms with E-state index in [4.69, 9.17) is 0 Å². The van der Waals surface area contributed by atoms with Crippen LogP contribution in [0.5, 0.6) is 0 Å². The summed E-state index contributed by atoms with van der Waals surface area (Å²) < 4.78 is 0. The van der Waals surface area contributed by atoms with Gasteiger partial charge in [0.05, 0.1) is 0 Å². The van der Waals surface area contributed by atoms with Gasteiger partial charge in [0.1, 0.15) is 0 Å². The van der Waals surface area contributed by atoms with Gasteiger partial charge >= 0.3 is 0 Å². The molecule has 0 unspecified atom stereocenters. The standard InChI is InChI=1S/C11H16N4/c1-2-8(1)9-5-13-11(14-6-9)15-10-3-4-12-7-10/h5-6,8,10,12H,1-4,7H2,(H,13,14,15)/t10-/m1/s1. The van der Waals surface area contributed by atoms with Crippen LogP contribution < -0.4 is 10.6 Å². The largest absolute Gasteiger partial charge is 0.350 e. The highest BCUT2D eigenvalue weighted by Gasteiger charge is 2.24. The van der Waals surface area contributed by atoms with Gasteiger partial charge in [0.15, 0.2) is 0 Å². The number of nitrogens with one attached hydrogen (secondary N) is 2. The predicted octanol–water partition coefficient (Wildman–Crippen LogP) is 1.13. The van der Waals surface area contributed by atoms with Gasteiger partial charge in [0, 0.05) is 25.0 Å². The van der Waals surface area contributed by atoms with Gasteiger partial charge in [0.2, 0.25) is 5.95 Å². The van der Waals surface area contributed by atoms with Crippen LogP contribution in [-0.2, 0) is 0 Å². The Bertz CT molecular complexity index is 325. The fourth-order valence-electron chi connectivity index (χ4n) is 2.00. The molecule has 0 spiro atoms. The summed E-state index contributed by atoms with van der Waals surface area (Å²) in [6.07, 6.45) is 7.71. The van der Waals surface area contributed by atoms with Crippen molar-refractivity contribution in [2.45, 2.75) is 31.2 Å². The van der Waals surface area contributed by atoms with Crippen LogP contribution in [0.2, 0.25) is 0 Å². The Morgan fingerprint density at radius 1 is 1.20 bits per heavy atom. The molecular weight excluding hydrogens is 188 g/mol. The molecule has 4 nitrogen and oxygen atoms in total. The highest BCUT2D eigenvalue weighted by atomic mass is 15.1. The molecule has 0 aromatic carbocycles. The molecule has 1 aliphatic carbocycles. The van der Waals surface area contributed by atoms with E-state index in [9.17, 15) is 0 Å². The van der Waals surface area contributed by atoms with Gasteiger partial charge in [-0.15, -0.1) is 0 Å². The Morgan fingerprint density at radius 2 is 2.00 bits per heavy atom. The summed E-state index contributed by atoms with van der Waals surface area (Å²) >= 11 is 0. The lowest BCUT2D eigenvalue weighted by atomic mass is 10.2. The normalized spacial score (nSPS) is 25.5. The van der Waals surface area contributed by atoms with Crippen LogP contribution in [-0.4, -0.2) is 29.1 Å². The van der Waals surface area contributed by atoms with Crippen molar-refractivity contribution in [2.24, 2.45) is 0 Å². The molecular formula is C11H16N4. The summed E-state index contributed by atoms with van der Waals surface area (Å²) in [4.78, 5) is 8.71. The third-order valence-corrected chi connectivity index (χ3v) is 3.11. The van der Waals surface area contributed by atoms with Crippen molar-refractivity contribution in [3.05, 3.63) is 18.0 Å². The summed E-state index contributed by atoms with van der Waals surface area (Å²) in [6.45, 7) is 2.12. The Balaban J connectivity index is 1.64. The molecule has 0 amide bonds. The minimum absolute atomic E-state index is 0.497. The first-order valence-corrected chi connectivity index (χ1v) is 5.71. The second-order valence-electron chi connectivity index (χ2n) is 4.45. The van der Waals surface area contributed by atoms with Gasteiger partial charge in [-0.2, -0.15) is 0 Å². The van der Waals surface area contributed by atoms with E-state index in [0.29, 0.717) is 6.04 Å². The molecule has 1 saturated carbocycles. The second kappa shape index (κ2) is 3.77. The van der Waals surface area contributed by atoms with E-state index in [1.54, 1.807) is 0 Å². The lowest BCUT2D eigenvalue weighted by Gasteiger charge is -2.10. The van der Waals surface area contributed by atoms with Gasteiger partial charge in [-0.1, -0.05) is 0 Å². The second-order valence-corrected chi connectivity index (χ2v) is 4.45. The summed E-state index contributed by atoms with van der Waals surface area (Å²) in [5.74, 6) is 1.51. The molecule has 1 aromatic heterocycles. The van der Waals surface area contributed by atoms with Crippen molar-refractivity contribution in [2.75, 3.05) is 18.4 Å². The number of rotatable bonds is 3. The zero-order valence-corrected chi connectivity index (χ0v) is 8.74. The number of aromatic nitrogens is 2. The van der Waals surface area contributed by atoms with Crippen molar-refractivity contribution in [3.63, 3.8) is 0 Å². The average molecular weight is 204 g/mol. The highest BCUT2D eigenvalue weighted by molar-refractivity contribution is 5.29. The first-order valence-electron chi connectivity index (χ1n) is 5.71. The van der Waals surface area contributed by atoms with Gasteiger partial charge in [-0.3, -0.25) is 0 Å². The predicted molar refractivity (Wildman–Crippen MR) is 58.9 cm³/mol. The number of anilines is 1. The number of hydrogen-bond acceptors (Lipinski definition) is 4. The maximum atomic E-state index is 4.35. The lowest BCUT2D eigenvalue weighted by molar-refractivity contribution is 0.779. The zero-order chi connectivity index (χ0) is 10.1. The molecule has 2 heterocycles. The van der Waals surface area contributed by atoms with Gasteiger partial charge < -0.3 is 10.6 Å². The molecule has 4 heteroatoms. The van der Waals surface area contributed by atoms with E-state index in [0.717, 1.165) is 31.4 Å². The Labute approximate surface area is 89.5 Å². The van der Waals surface area contributed by atoms with Crippen molar-refractivity contribution < 1.29 is 0 Å². The van der Waals surface area contributed by atoms with E-state index >= 15 is 0 Å². The van der Waals surface area contributed by atoms with Crippen molar-refractivity contribution in [1.29, 1.82) is 0 Å². The fourth-order valence-corrected chi connectivity index (χ4v) is 2.00. The van der Waals surface area contributed by atoms with Crippen LogP contribution >= 0.6 is 0 Å². The first kappa shape index (κ1) is 9.09. The topological polar surface area (TPSA) is 49.8 Å². The quantitative estimate of drug-likeness (QED) is 0.775. The average Bonchev–Trinajstić information content (AvgIpc) is 2.99. The molecule has 1 aromatic rings. The molecule has 15 heavy (non-hydrogen) atoms. The van der Waals surface area contributed by atoms with E-state index in [1.807, 2.05) is 12.4 Å². The zero-order valence-electron chi connectivity index (χ0n) is 8.74. The summed E-state index contributed by atoms with van der Waals surface area (Å²) in [6, 6.07) is 0.497. The van der Waals surface area contributed by atoms with Crippen LogP contribution in [0.15, 0.2) is 12.4 Å². The Morgan fingerprint density at radius 3 is 2.60 bits per heavy atom. The smallest absolute Gasteiger partial charge is 0.222 e. The number of hydrogen-bond donors (Lipinski definition) is 2. The van der Waals surface area contributed by atoms with Crippen LogP contribution in [0.4, 0.5) is 5.95 Å². The summed E-state index contributed by atoms with van der Waals surface area (Å²) in [5, 5.41) is 6.66. The van der Waals surface area contributed by atoms with Gasteiger partial charge in [-0.05, 0) is 37.3 Å². The van der Waals surface area contributed by atoms with Crippen molar-refractivity contribution in [3.8, 4) is 0 Å². The van der Waals surface area contributed by atoms with Crippen molar-refractivity contribution in [1.82, 2.24) is 15.3 Å². The lowest BCUT2D eigenvalue weighted by Crippen LogP contribution is -2.23. The van der Waals surface area contributed by atoms with Crippen LogP contribution in [0.3, 0.4) is 0 Å². The molecule has 1 aliphatic heterocycles. The maximum absolute atomic E-state index is 4.35. The van der Waals surface area contributed by atoms with Crippen LogP contribution in [0.1, 0.15) is 30.7 Å². The maximum Gasteiger partial charge on any atom is 0.222 e. The van der Waals surface area contributed by atoms with E-state index < -0.39 is 0 Å². The minimum Gasteiger partial charge on any atom is -0.350 e. The van der Waals surface area contributed by atoms with Gasteiger partial charge in [-0.25, -0.2) is 9.97 Å². The molecule has 2 fully saturated rings. The molecule has 2 N–H and O–H groups in total. The van der Waals surface area contributed by atoms with E-state index in [1.165, 1.54) is 18.4 Å². The SMILES string of the molecule is c1nc(N[C@@H]2CCNC2)ncc1C1CC1. The van der Waals surface area contributed by atoms with Gasteiger partial charge in [0.25, 0.3) is 0 Å². The molecule has 1 saturated heterocycles. The van der Waals surface area contributed by atoms with E-state index in [2.05, 4.69) is 20.6 Å².